The van der Waals surface area contributed by atoms with E-state index in [0.29, 0.717) is 17.6 Å². The smallest absolute Gasteiger partial charge is 0.258 e. The number of anilines is 2. The highest BCUT2D eigenvalue weighted by Gasteiger charge is 2.23. The monoisotopic (exact) mass is 408 g/mol. The lowest BCUT2D eigenvalue weighted by Gasteiger charge is -2.18. The molecule has 0 spiro atoms. The van der Waals surface area contributed by atoms with Gasteiger partial charge in [-0.1, -0.05) is 43.9 Å². The average molecular weight is 409 g/mol. The van der Waals surface area contributed by atoms with Crippen LogP contribution in [0.15, 0.2) is 35.8 Å². The van der Waals surface area contributed by atoms with E-state index >= 15 is 0 Å². The van der Waals surface area contributed by atoms with Gasteiger partial charge < -0.3 is 10.6 Å². The number of thiophene rings is 1. The van der Waals surface area contributed by atoms with E-state index in [1.807, 2.05) is 42.8 Å². The number of nitrogens with zero attached hydrogens (tertiary/aromatic N) is 2. The summed E-state index contributed by atoms with van der Waals surface area (Å²) in [5.41, 5.74) is 3.27. The van der Waals surface area contributed by atoms with Crippen LogP contribution >= 0.6 is 11.3 Å². The Morgan fingerprint density at radius 1 is 1.24 bits per heavy atom. The van der Waals surface area contributed by atoms with Gasteiger partial charge in [-0.3, -0.25) is 4.79 Å². The van der Waals surface area contributed by atoms with Gasteiger partial charge in [0, 0.05) is 17.1 Å². The second kappa shape index (κ2) is 8.91. The number of carbonyl (C=O) groups excluding carboxylic acids is 1. The minimum atomic E-state index is -0.136. The lowest BCUT2D eigenvalue weighted by Crippen LogP contribution is -2.21. The van der Waals surface area contributed by atoms with Gasteiger partial charge in [-0.15, -0.1) is 11.3 Å². The van der Waals surface area contributed by atoms with Gasteiger partial charge in [0.2, 0.25) is 5.95 Å². The fourth-order valence-corrected chi connectivity index (χ4v) is 4.40. The van der Waals surface area contributed by atoms with Crippen LogP contribution < -0.4 is 10.6 Å². The standard InChI is InChI=1S/C23H28N4OS/c1-3-4-17(12-9-16-7-8-16)26-23-24-13-20-21(27-23)19(14-29-20)22(28)25-18-10-5-15(2)6-11-18/h5-6,10-11,13-14,16-17H,3-4,7-9,12H2,1-2H3,(H,25,28)(H,24,26,27). The molecular formula is C23H28N4OS. The van der Waals surface area contributed by atoms with Gasteiger partial charge in [-0.25, -0.2) is 9.97 Å². The molecule has 152 valence electrons. The lowest BCUT2D eigenvalue weighted by atomic mass is 10.0. The topological polar surface area (TPSA) is 66.9 Å². The summed E-state index contributed by atoms with van der Waals surface area (Å²) < 4.78 is 0.926. The number of nitrogens with one attached hydrogen (secondary N) is 2. The number of fused-ring (bicyclic) bond motifs is 1. The Morgan fingerprint density at radius 3 is 2.76 bits per heavy atom. The van der Waals surface area contributed by atoms with Crippen LogP contribution in [0.1, 0.15) is 61.4 Å². The Labute approximate surface area is 176 Å². The number of carbonyl (C=O) groups is 1. The summed E-state index contributed by atoms with van der Waals surface area (Å²) >= 11 is 1.50. The molecule has 2 aromatic heterocycles. The van der Waals surface area contributed by atoms with Gasteiger partial charge in [-0.05, 0) is 44.2 Å². The fraction of sp³-hybridized carbons (Fsp3) is 0.435. The summed E-state index contributed by atoms with van der Waals surface area (Å²) in [5.74, 6) is 1.41. The molecule has 1 saturated carbocycles. The predicted molar refractivity (Wildman–Crippen MR) is 121 cm³/mol. The number of benzene rings is 1. The summed E-state index contributed by atoms with van der Waals surface area (Å²) in [6.07, 6.45) is 9.27. The molecule has 0 saturated heterocycles. The quantitative estimate of drug-likeness (QED) is 0.454. The number of hydrogen-bond donors (Lipinski definition) is 2. The molecule has 1 aromatic carbocycles. The zero-order valence-electron chi connectivity index (χ0n) is 17.1. The molecule has 0 bridgehead atoms. The Balaban J connectivity index is 1.50. The van der Waals surface area contributed by atoms with Gasteiger partial charge in [-0.2, -0.15) is 0 Å². The maximum Gasteiger partial charge on any atom is 0.258 e. The van der Waals surface area contributed by atoms with Crippen LogP contribution in [-0.4, -0.2) is 21.9 Å². The van der Waals surface area contributed by atoms with E-state index < -0.39 is 0 Å². The van der Waals surface area contributed by atoms with E-state index in [-0.39, 0.29) is 5.91 Å². The van der Waals surface area contributed by atoms with Crippen molar-refractivity contribution in [1.82, 2.24) is 9.97 Å². The fourth-order valence-electron chi connectivity index (χ4n) is 3.56. The Hall–Kier alpha value is -2.47. The Morgan fingerprint density at radius 2 is 2.03 bits per heavy atom. The summed E-state index contributed by atoms with van der Waals surface area (Å²) in [6.45, 7) is 4.24. The first-order valence-corrected chi connectivity index (χ1v) is 11.4. The van der Waals surface area contributed by atoms with E-state index in [4.69, 9.17) is 4.98 Å². The maximum atomic E-state index is 12.8. The summed E-state index contributed by atoms with van der Waals surface area (Å²) in [5, 5.41) is 8.35. The molecule has 1 atom stereocenters. The summed E-state index contributed by atoms with van der Waals surface area (Å²) in [7, 11) is 0. The van der Waals surface area contributed by atoms with Crippen molar-refractivity contribution < 1.29 is 4.79 Å². The molecule has 3 aromatic rings. The predicted octanol–water partition coefficient (Wildman–Crippen LogP) is 6.02. The van der Waals surface area contributed by atoms with Crippen molar-refractivity contribution in [2.45, 2.75) is 58.4 Å². The molecule has 0 radical (unpaired) electrons. The first-order valence-electron chi connectivity index (χ1n) is 10.5. The van der Waals surface area contributed by atoms with Crippen molar-refractivity contribution in [3.8, 4) is 0 Å². The molecule has 1 amide bonds. The van der Waals surface area contributed by atoms with Gasteiger partial charge in [0.25, 0.3) is 5.91 Å². The van der Waals surface area contributed by atoms with Gasteiger partial charge >= 0.3 is 0 Å². The highest BCUT2D eigenvalue weighted by molar-refractivity contribution is 7.17. The molecule has 1 fully saturated rings. The lowest BCUT2D eigenvalue weighted by molar-refractivity contribution is 0.102. The van der Waals surface area contributed by atoms with E-state index in [9.17, 15) is 4.79 Å². The third-order valence-electron chi connectivity index (χ3n) is 5.46. The van der Waals surface area contributed by atoms with Crippen LogP contribution in [0.25, 0.3) is 10.2 Å². The molecule has 0 aliphatic heterocycles. The van der Waals surface area contributed by atoms with Crippen LogP contribution in [-0.2, 0) is 0 Å². The van der Waals surface area contributed by atoms with Gasteiger partial charge in [0.1, 0.15) is 0 Å². The van der Waals surface area contributed by atoms with E-state index in [2.05, 4.69) is 22.5 Å². The highest BCUT2D eigenvalue weighted by atomic mass is 32.1. The van der Waals surface area contributed by atoms with Crippen LogP contribution in [0.2, 0.25) is 0 Å². The third-order valence-corrected chi connectivity index (χ3v) is 6.37. The first kappa shape index (κ1) is 19.8. The zero-order valence-corrected chi connectivity index (χ0v) is 17.9. The number of amides is 1. The largest absolute Gasteiger partial charge is 0.351 e. The maximum absolute atomic E-state index is 12.8. The number of aromatic nitrogens is 2. The van der Waals surface area contributed by atoms with Crippen molar-refractivity contribution in [1.29, 1.82) is 0 Å². The molecule has 1 unspecified atom stereocenters. The van der Waals surface area contributed by atoms with E-state index in [1.165, 1.54) is 30.6 Å². The second-order valence-electron chi connectivity index (χ2n) is 8.03. The molecule has 29 heavy (non-hydrogen) atoms. The van der Waals surface area contributed by atoms with Crippen molar-refractivity contribution in [2.24, 2.45) is 5.92 Å². The Bertz CT molecular complexity index is 978. The molecule has 2 heterocycles. The molecule has 1 aliphatic rings. The van der Waals surface area contributed by atoms with E-state index in [1.54, 1.807) is 0 Å². The minimum Gasteiger partial charge on any atom is -0.351 e. The van der Waals surface area contributed by atoms with Crippen LogP contribution in [0, 0.1) is 12.8 Å². The molecule has 5 nitrogen and oxygen atoms in total. The minimum absolute atomic E-state index is 0.136. The molecule has 2 N–H and O–H groups in total. The number of rotatable bonds is 9. The second-order valence-corrected chi connectivity index (χ2v) is 8.94. The van der Waals surface area contributed by atoms with Crippen molar-refractivity contribution in [2.75, 3.05) is 10.6 Å². The highest BCUT2D eigenvalue weighted by Crippen LogP contribution is 2.34. The normalized spacial score (nSPS) is 14.7. The zero-order chi connectivity index (χ0) is 20.2. The van der Waals surface area contributed by atoms with Crippen molar-refractivity contribution >= 4 is 39.1 Å². The molecule has 4 rings (SSSR count). The molecule has 1 aliphatic carbocycles. The van der Waals surface area contributed by atoms with Crippen molar-refractivity contribution in [3.05, 3.63) is 47.0 Å². The van der Waals surface area contributed by atoms with Gasteiger partial charge in [0.05, 0.1) is 22.0 Å². The Kier molecular flexibility index (Phi) is 6.09. The molecular weight excluding hydrogens is 380 g/mol. The van der Waals surface area contributed by atoms with Crippen LogP contribution in [0.5, 0.6) is 0 Å². The van der Waals surface area contributed by atoms with Crippen LogP contribution in [0.3, 0.4) is 0 Å². The summed E-state index contributed by atoms with van der Waals surface area (Å²) in [4.78, 5) is 22.0. The third kappa shape index (κ3) is 5.12. The summed E-state index contributed by atoms with van der Waals surface area (Å²) in [6, 6.07) is 8.20. The van der Waals surface area contributed by atoms with Crippen LogP contribution in [0.4, 0.5) is 11.6 Å². The van der Waals surface area contributed by atoms with Gasteiger partial charge in [0.15, 0.2) is 0 Å². The average Bonchev–Trinajstić information content (AvgIpc) is 3.45. The molecule has 6 heteroatoms. The number of hydrogen-bond acceptors (Lipinski definition) is 5. The van der Waals surface area contributed by atoms with Crippen molar-refractivity contribution in [3.63, 3.8) is 0 Å². The van der Waals surface area contributed by atoms with E-state index in [0.717, 1.165) is 46.6 Å². The SMILES string of the molecule is CCCC(CCC1CC1)Nc1ncc2scc(C(=O)Nc3ccc(C)cc3)c2n1. The first-order chi connectivity index (χ1) is 14.1. The number of aryl methyl sites for hydroxylation is 1.